The molecule has 0 amide bonds. The lowest BCUT2D eigenvalue weighted by Crippen LogP contribution is -1.96. The molecule has 3 aromatic rings. The predicted octanol–water partition coefficient (Wildman–Crippen LogP) is 2.17. The third-order valence-corrected chi connectivity index (χ3v) is 2.85. The molecule has 0 bridgehead atoms. The molecule has 0 atom stereocenters. The molecular weight excluding hydrogens is 258 g/mol. The largest absolute Gasteiger partial charge is 0.505 e. The molecule has 0 spiro atoms. The zero-order valence-electron chi connectivity index (χ0n) is 8.81. The Kier molecular flexibility index (Phi) is 2.14. The molecule has 0 unspecified atom stereocenters. The lowest BCUT2D eigenvalue weighted by molar-refractivity contribution is 0.0688. The van der Waals surface area contributed by atoms with E-state index in [1.54, 1.807) is 12.1 Å². The van der Waals surface area contributed by atoms with Gasteiger partial charge in [-0.25, -0.2) is 9.78 Å². The van der Waals surface area contributed by atoms with E-state index in [9.17, 15) is 9.90 Å². The average Bonchev–Trinajstić information content (AvgIpc) is 2.67. The topological polar surface area (TPSA) is 99.1 Å². The van der Waals surface area contributed by atoms with E-state index in [0.717, 1.165) is 0 Å². The van der Waals surface area contributed by atoms with Gasteiger partial charge in [0, 0.05) is 6.20 Å². The molecule has 18 heavy (non-hydrogen) atoms. The highest BCUT2D eigenvalue weighted by molar-refractivity contribution is 6.30. The van der Waals surface area contributed by atoms with Crippen LogP contribution >= 0.6 is 11.6 Å². The highest BCUT2D eigenvalue weighted by atomic mass is 35.5. The van der Waals surface area contributed by atoms with Crippen LogP contribution in [0.5, 0.6) is 5.75 Å². The minimum Gasteiger partial charge on any atom is -0.505 e. The number of aromatic amines is 1. The number of halogens is 1. The number of fused-ring (bicyclic) bond motifs is 3. The zero-order chi connectivity index (χ0) is 12.9. The number of nitrogens with one attached hydrogen (secondary N) is 1. The van der Waals surface area contributed by atoms with Gasteiger partial charge in [0.05, 0.1) is 16.4 Å². The molecule has 0 aliphatic rings. The van der Waals surface area contributed by atoms with E-state index < -0.39 is 5.97 Å². The number of pyridine rings is 2. The molecule has 0 fully saturated rings. The average molecular weight is 264 g/mol. The van der Waals surface area contributed by atoms with Crippen LogP contribution in [0.15, 0.2) is 18.3 Å². The van der Waals surface area contributed by atoms with Crippen molar-refractivity contribution in [1.82, 2.24) is 15.0 Å². The van der Waals surface area contributed by atoms with Crippen LogP contribution in [0.1, 0.15) is 10.5 Å². The Balaban J connectivity index is 2.50. The summed E-state index contributed by atoms with van der Waals surface area (Å²) in [5, 5.41) is 19.3. The Hall–Kier alpha value is -2.34. The van der Waals surface area contributed by atoms with Crippen molar-refractivity contribution in [3.8, 4) is 5.75 Å². The summed E-state index contributed by atoms with van der Waals surface area (Å²) in [6, 6.07) is 3.26. The number of nitrogens with zero attached hydrogens (tertiary/aromatic N) is 2. The van der Waals surface area contributed by atoms with Crippen molar-refractivity contribution in [2.75, 3.05) is 0 Å². The van der Waals surface area contributed by atoms with Crippen LogP contribution in [-0.2, 0) is 0 Å². The number of aromatic hydroxyl groups is 1. The number of aromatic carboxylic acids is 1. The van der Waals surface area contributed by atoms with Crippen LogP contribution in [0.4, 0.5) is 0 Å². The molecule has 3 N–H and O–H groups in total. The molecule has 3 heterocycles. The Morgan fingerprint density at radius 3 is 2.89 bits per heavy atom. The number of carboxylic acids is 1. The molecule has 0 saturated carbocycles. The van der Waals surface area contributed by atoms with Crippen LogP contribution in [0, 0.1) is 0 Å². The van der Waals surface area contributed by atoms with Gasteiger partial charge in [0.15, 0.2) is 11.4 Å². The standard InChI is InChI=1S/C11H6ClN3O3/c12-6-2-1-5-8(14-6)7-4(3-13-5)10(16)9(15-7)11(17)18/h1-3,15-16H,(H,17,18). The second-order valence-electron chi connectivity index (χ2n) is 3.70. The SMILES string of the molecule is O=C(O)c1[nH]c2c(cnc3ccc(Cl)nc32)c1O. The van der Waals surface area contributed by atoms with Gasteiger partial charge >= 0.3 is 5.97 Å². The summed E-state index contributed by atoms with van der Waals surface area (Å²) in [5.74, 6) is -1.60. The first kappa shape index (κ1) is 10.8. The number of rotatable bonds is 1. The second kappa shape index (κ2) is 3.58. The van der Waals surface area contributed by atoms with Crippen molar-refractivity contribution in [2.24, 2.45) is 0 Å². The Morgan fingerprint density at radius 2 is 2.17 bits per heavy atom. The third-order valence-electron chi connectivity index (χ3n) is 2.63. The molecule has 0 aliphatic carbocycles. The minimum atomic E-state index is -1.25. The Labute approximate surface area is 105 Å². The number of carboxylic acid groups (broad SMARTS) is 1. The van der Waals surface area contributed by atoms with Crippen molar-refractivity contribution in [1.29, 1.82) is 0 Å². The van der Waals surface area contributed by atoms with Crippen LogP contribution in [-0.4, -0.2) is 31.1 Å². The summed E-state index contributed by atoms with van der Waals surface area (Å²) in [6.45, 7) is 0. The monoisotopic (exact) mass is 263 g/mol. The molecule has 3 aromatic heterocycles. The molecule has 0 aromatic carbocycles. The van der Waals surface area contributed by atoms with E-state index in [4.69, 9.17) is 16.7 Å². The Bertz CT molecular complexity index is 797. The number of H-pyrrole nitrogens is 1. The van der Waals surface area contributed by atoms with Crippen molar-refractivity contribution in [3.05, 3.63) is 29.2 Å². The van der Waals surface area contributed by atoms with Crippen molar-refractivity contribution < 1.29 is 15.0 Å². The van der Waals surface area contributed by atoms with Gasteiger partial charge in [0.2, 0.25) is 0 Å². The van der Waals surface area contributed by atoms with E-state index in [1.807, 2.05) is 0 Å². The van der Waals surface area contributed by atoms with Gasteiger partial charge < -0.3 is 15.2 Å². The predicted molar refractivity (Wildman–Crippen MR) is 65.0 cm³/mol. The van der Waals surface area contributed by atoms with E-state index in [2.05, 4.69) is 15.0 Å². The van der Waals surface area contributed by atoms with Gasteiger partial charge in [0.1, 0.15) is 10.7 Å². The summed E-state index contributed by atoms with van der Waals surface area (Å²) in [7, 11) is 0. The summed E-state index contributed by atoms with van der Waals surface area (Å²) in [4.78, 5) is 21.7. The van der Waals surface area contributed by atoms with Crippen LogP contribution < -0.4 is 0 Å². The first-order valence-electron chi connectivity index (χ1n) is 4.97. The van der Waals surface area contributed by atoms with Crippen molar-refractivity contribution >= 4 is 39.5 Å². The van der Waals surface area contributed by atoms with E-state index in [-0.39, 0.29) is 16.6 Å². The smallest absolute Gasteiger partial charge is 0.356 e. The molecule has 6 nitrogen and oxygen atoms in total. The third kappa shape index (κ3) is 1.39. The molecule has 0 saturated heterocycles. The maximum atomic E-state index is 10.9. The van der Waals surface area contributed by atoms with Gasteiger partial charge in [-0.1, -0.05) is 11.6 Å². The van der Waals surface area contributed by atoms with E-state index >= 15 is 0 Å². The number of hydrogen-bond donors (Lipinski definition) is 3. The summed E-state index contributed by atoms with van der Waals surface area (Å²) < 4.78 is 0. The summed E-state index contributed by atoms with van der Waals surface area (Å²) >= 11 is 5.80. The zero-order valence-corrected chi connectivity index (χ0v) is 9.56. The maximum absolute atomic E-state index is 10.9. The van der Waals surface area contributed by atoms with Crippen molar-refractivity contribution in [2.45, 2.75) is 0 Å². The first-order valence-corrected chi connectivity index (χ1v) is 5.35. The van der Waals surface area contributed by atoms with Gasteiger partial charge in [-0.3, -0.25) is 4.98 Å². The minimum absolute atomic E-state index is 0.266. The fraction of sp³-hybridized carbons (Fsp3) is 0. The van der Waals surface area contributed by atoms with E-state index in [1.165, 1.54) is 6.20 Å². The maximum Gasteiger partial charge on any atom is 0.356 e. The molecule has 0 aliphatic heterocycles. The highest BCUT2D eigenvalue weighted by Gasteiger charge is 2.18. The fourth-order valence-corrected chi connectivity index (χ4v) is 1.97. The lowest BCUT2D eigenvalue weighted by Gasteiger charge is -1.98. The Morgan fingerprint density at radius 1 is 1.39 bits per heavy atom. The molecule has 0 radical (unpaired) electrons. The summed E-state index contributed by atoms with van der Waals surface area (Å²) in [5.41, 5.74) is 1.09. The summed E-state index contributed by atoms with van der Waals surface area (Å²) in [6.07, 6.45) is 1.39. The van der Waals surface area contributed by atoms with Crippen LogP contribution in [0.2, 0.25) is 5.15 Å². The van der Waals surface area contributed by atoms with Crippen LogP contribution in [0.25, 0.3) is 21.9 Å². The molecule has 3 rings (SSSR count). The van der Waals surface area contributed by atoms with Gasteiger partial charge in [-0.15, -0.1) is 0 Å². The number of hydrogen-bond acceptors (Lipinski definition) is 4. The number of aromatic nitrogens is 3. The molecular formula is C11H6ClN3O3. The second-order valence-corrected chi connectivity index (χ2v) is 4.09. The first-order chi connectivity index (χ1) is 8.58. The molecule has 90 valence electrons. The fourth-order valence-electron chi connectivity index (χ4n) is 1.82. The highest BCUT2D eigenvalue weighted by Crippen LogP contribution is 2.32. The van der Waals surface area contributed by atoms with Gasteiger partial charge in [-0.05, 0) is 12.1 Å². The lowest BCUT2D eigenvalue weighted by atomic mass is 10.2. The van der Waals surface area contributed by atoms with Gasteiger partial charge in [0.25, 0.3) is 0 Å². The quantitative estimate of drug-likeness (QED) is 0.584. The van der Waals surface area contributed by atoms with Gasteiger partial charge in [-0.2, -0.15) is 0 Å². The molecule has 7 heteroatoms. The van der Waals surface area contributed by atoms with Crippen molar-refractivity contribution in [3.63, 3.8) is 0 Å². The van der Waals surface area contributed by atoms with E-state index in [0.29, 0.717) is 21.9 Å². The van der Waals surface area contributed by atoms with Crippen LogP contribution in [0.3, 0.4) is 0 Å². The number of carbonyl (C=O) groups is 1. The normalized spacial score (nSPS) is 11.2.